The first kappa shape index (κ1) is 23.8. The summed E-state index contributed by atoms with van der Waals surface area (Å²) in [5.74, 6) is -0.375. The van der Waals surface area contributed by atoms with Gasteiger partial charge in [-0.2, -0.15) is 0 Å². The van der Waals surface area contributed by atoms with E-state index in [2.05, 4.69) is 10.6 Å². The van der Waals surface area contributed by atoms with Crippen LogP contribution < -0.4 is 15.4 Å². The van der Waals surface area contributed by atoms with E-state index in [1.165, 1.54) is 12.1 Å². The third-order valence-electron chi connectivity index (χ3n) is 4.44. The van der Waals surface area contributed by atoms with Gasteiger partial charge in [-0.1, -0.05) is 48.5 Å². The largest absolute Gasteiger partial charge is 0.492 e. The molecule has 0 aliphatic carbocycles. The maximum atomic E-state index is 14.2. The van der Waals surface area contributed by atoms with Crippen LogP contribution in [0.1, 0.15) is 27.2 Å². The fourth-order valence-electron chi connectivity index (χ4n) is 3.04. The van der Waals surface area contributed by atoms with Crippen LogP contribution in [0.15, 0.2) is 72.8 Å². The Bertz CT molecular complexity index is 1110. The molecule has 0 saturated heterocycles. The summed E-state index contributed by atoms with van der Waals surface area (Å²) in [7, 11) is 0. The molecule has 0 bridgehead atoms. The Kier molecular flexibility index (Phi) is 7.66. The van der Waals surface area contributed by atoms with Gasteiger partial charge in [0.05, 0.1) is 18.7 Å². The van der Waals surface area contributed by atoms with E-state index in [4.69, 9.17) is 9.47 Å². The third kappa shape index (κ3) is 7.35. The van der Waals surface area contributed by atoms with Crippen LogP contribution in [0.3, 0.4) is 0 Å². The number of ether oxygens (including phenoxy) is 2. The summed E-state index contributed by atoms with van der Waals surface area (Å²) in [6, 6.07) is 21.2. The first-order valence-corrected chi connectivity index (χ1v) is 10.6. The molecule has 0 spiro atoms. The normalized spacial score (nSPS) is 10.9. The van der Waals surface area contributed by atoms with Crippen molar-refractivity contribution in [3.8, 4) is 16.9 Å². The van der Waals surface area contributed by atoms with Gasteiger partial charge in [-0.25, -0.2) is 9.18 Å². The standard InChI is InChI=1S/C26H27FN2O4/c1-26(2,3)33-25(31)28-19-13-14-21(27)22(17-19)29-24(30)15-16-32-23-12-8-7-11-20(23)18-9-5-4-6-10-18/h4-14,17H,15-16H2,1-3H3,(H,28,31)(H,29,30). The summed E-state index contributed by atoms with van der Waals surface area (Å²) in [6.07, 6.45) is -0.649. The maximum Gasteiger partial charge on any atom is 0.412 e. The van der Waals surface area contributed by atoms with Gasteiger partial charge in [0.15, 0.2) is 0 Å². The Balaban J connectivity index is 1.57. The van der Waals surface area contributed by atoms with Gasteiger partial charge in [0.1, 0.15) is 17.2 Å². The van der Waals surface area contributed by atoms with Gasteiger partial charge in [-0.15, -0.1) is 0 Å². The van der Waals surface area contributed by atoms with E-state index in [9.17, 15) is 14.0 Å². The first-order chi connectivity index (χ1) is 15.7. The van der Waals surface area contributed by atoms with Crippen LogP contribution in [0, 0.1) is 5.82 Å². The highest BCUT2D eigenvalue weighted by Crippen LogP contribution is 2.29. The van der Waals surface area contributed by atoms with E-state index < -0.39 is 23.4 Å². The summed E-state index contributed by atoms with van der Waals surface area (Å²) in [5, 5.41) is 5.04. The minimum atomic E-state index is -0.670. The Morgan fingerprint density at radius 2 is 1.61 bits per heavy atom. The molecule has 0 aliphatic rings. The average Bonchev–Trinajstić information content (AvgIpc) is 2.76. The fourth-order valence-corrected chi connectivity index (χ4v) is 3.04. The van der Waals surface area contributed by atoms with Crippen molar-refractivity contribution in [2.45, 2.75) is 32.8 Å². The van der Waals surface area contributed by atoms with Gasteiger partial charge in [0, 0.05) is 11.3 Å². The SMILES string of the molecule is CC(C)(C)OC(=O)Nc1ccc(F)c(NC(=O)CCOc2ccccc2-c2ccccc2)c1. The predicted molar refractivity (Wildman–Crippen MR) is 127 cm³/mol. The summed E-state index contributed by atoms with van der Waals surface area (Å²) in [6.45, 7) is 5.34. The van der Waals surface area contributed by atoms with Crippen molar-refractivity contribution >= 4 is 23.4 Å². The lowest BCUT2D eigenvalue weighted by molar-refractivity contribution is -0.116. The molecule has 0 aromatic heterocycles. The van der Waals surface area contributed by atoms with Crippen molar-refractivity contribution in [3.05, 3.63) is 78.6 Å². The van der Waals surface area contributed by atoms with Crippen LogP contribution in [-0.4, -0.2) is 24.2 Å². The number of halogens is 1. The molecule has 0 heterocycles. The Morgan fingerprint density at radius 3 is 2.33 bits per heavy atom. The molecule has 3 aromatic carbocycles. The second kappa shape index (κ2) is 10.6. The van der Waals surface area contributed by atoms with E-state index in [-0.39, 0.29) is 18.7 Å². The molecule has 0 unspecified atom stereocenters. The third-order valence-corrected chi connectivity index (χ3v) is 4.44. The average molecular weight is 451 g/mol. The Hall–Kier alpha value is -3.87. The first-order valence-electron chi connectivity index (χ1n) is 10.6. The van der Waals surface area contributed by atoms with Crippen molar-refractivity contribution in [2.24, 2.45) is 0 Å². The number of carbonyl (C=O) groups is 2. The van der Waals surface area contributed by atoms with Crippen molar-refractivity contribution < 1.29 is 23.5 Å². The van der Waals surface area contributed by atoms with Crippen LogP contribution in [0.25, 0.3) is 11.1 Å². The molecule has 3 aromatic rings. The van der Waals surface area contributed by atoms with Gasteiger partial charge in [0.2, 0.25) is 5.91 Å². The quantitative estimate of drug-likeness (QED) is 0.446. The molecule has 0 saturated carbocycles. The summed E-state index contributed by atoms with van der Waals surface area (Å²) < 4.78 is 25.2. The van der Waals surface area contributed by atoms with E-state index >= 15 is 0 Å². The molecular weight excluding hydrogens is 423 g/mol. The van der Waals surface area contributed by atoms with E-state index in [1.54, 1.807) is 20.8 Å². The molecule has 0 radical (unpaired) electrons. The van der Waals surface area contributed by atoms with Crippen molar-refractivity contribution in [1.82, 2.24) is 0 Å². The number of hydrogen-bond donors (Lipinski definition) is 2. The maximum absolute atomic E-state index is 14.2. The van der Waals surface area contributed by atoms with E-state index in [1.807, 2.05) is 54.6 Å². The molecule has 172 valence electrons. The number of benzene rings is 3. The van der Waals surface area contributed by atoms with Gasteiger partial charge >= 0.3 is 6.09 Å². The van der Waals surface area contributed by atoms with Crippen LogP contribution in [0.2, 0.25) is 0 Å². The fraction of sp³-hybridized carbons (Fsp3) is 0.231. The highest BCUT2D eigenvalue weighted by atomic mass is 19.1. The molecule has 33 heavy (non-hydrogen) atoms. The molecule has 2 amide bonds. The lowest BCUT2D eigenvalue weighted by Crippen LogP contribution is -2.27. The number of amides is 2. The number of rotatable bonds is 7. The van der Waals surface area contributed by atoms with Crippen LogP contribution in [-0.2, 0) is 9.53 Å². The second-order valence-corrected chi connectivity index (χ2v) is 8.33. The lowest BCUT2D eigenvalue weighted by Gasteiger charge is -2.20. The lowest BCUT2D eigenvalue weighted by atomic mass is 10.1. The topological polar surface area (TPSA) is 76.7 Å². The van der Waals surface area contributed by atoms with E-state index in [0.29, 0.717) is 11.4 Å². The molecule has 6 nitrogen and oxygen atoms in total. The second-order valence-electron chi connectivity index (χ2n) is 8.33. The van der Waals surface area contributed by atoms with Crippen LogP contribution in [0.4, 0.5) is 20.6 Å². The molecule has 0 atom stereocenters. The molecular formula is C26H27FN2O4. The zero-order chi connectivity index (χ0) is 23.8. The monoisotopic (exact) mass is 450 g/mol. The Labute approximate surface area is 192 Å². The van der Waals surface area contributed by atoms with Gasteiger partial charge in [0.25, 0.3) is 0 Å². The number of para-hydroxylation sites is 1. The molecule has 7 heteroatoms. The summed E-state index contributed by atoms with van der Waals surface area (Å²) in [5.41, 5.74) is 1.52. The zero-order valence-electron chi connectivity index (χ0n) is 18.9. The van der Waals surface area contributed by atoms with E-state index in [0.717, 1.165) is 17.2 Å². The summed E-state index contributed by atoms with van der Waals surface area (Å²) in [4.78, 5) is 24.3. The molecule has 0 fully saturated rings. The number of carbonyl (C=O) groups excluding carboxylic acids is 2. The number of nitrogens with one attached hydrogen (secondary N) is 2. The van der Waals surface area contributed by atoms with Crippen molar-refractivity contribution in [1.29, 1.82) is 0 Å². The van der Waals surface area contributed by atoms with Crippen LogP contribution >= 0.6 is 0 Å². The van der Waals surface area contributed by atoms with Gasteiger partial charge < -0.3 is 14.8 Å². The predicted octanol–water partition coefficient (Wildman–Crippen LogP) is 6.25. The highest BCUT2D eigenvalue weighted by molar-refractivity contribution is 5.92. The minimum Gasteiger partial charge on any atom is -0.492 e. The molecule has 0 aliphatic heterocycles. The van der Waals surface area contributed by atoms with Crippen molar-refractivity contribution in [2.75, 3.05) is 17.2 Å². The van der Waals surface area contributed by atoms with Crippen molar-refractivity contribution in [3.63, 3.8) is 0 Å². The van der Waals surface area contributed by atoms with Gasteiger partial charge in [-0.3, -0.25) is 10.1 Å². The number of anilines is 2. The zero-order valence-corrected chi connectivity index (χ0v) is 18.9. The highest BCUT2D eigenvalue weighted by Gasteiger charge is 2.17. The smallest absolute Gasteiger partial charge is 0.412 e. The Morgan fingerprint density at radius 1 is 0.909 bits per heavy atom. The van der Waals surface area contributed by atoms with Gasteiger partial charge in [-0.05, 0) is 50.6 Å². The summed E-state index contributed by atoms with van der Waals surface area (Å²) >= 11 is 0. The van der Waals surface area contributed by atoms with Crippen LogP contribution in [0.5, 0.6) is 5.75 Å². The molecule has 3 rings (SSSR count). The number of hydrogen-bond acceptors (Lipinski definition) is 4. The molecule has 2 N–H and O–H groups in total. The minimum absolute atomic E-state index is 0.0201.